The largest absolute Gasteiger partial charge is 0.481 e. The fourth-order valence-corrected chi connectivity index (χ4v) is 0.843. The Labute approximate surface area is 57.8 Å². The van der Waals surface area contributed by atoms with Crippen molar-refractivity contribution >= 4 is 11.8 Å². The van der Waals surface area contributed by atoms with Crippen LogP contribution in [-0.2, 0) is 14.3 Å². The molecule has 1 aliphatic rings. The van der Waals surface area contributed by atoms with E-state index in [2.05, 4.69) is 0 Å². The van der Waals surface area contributed by atoms with Crippen LogP contribution in [-0.4, -0.2) is 29.6 Å². The molecule has 1 heterocycles. The minimum absolute atomic E-state index is 0.338. The molecule has 56 valence electrons. The van der Waals surface area contributed by atoms with E-state index in [1.807, 2.05) is 0 Å². The highest BCUT2D eigenvalue weighted by atomic mass is 16.6. The van der Waals surface area contributed by atoms with Gasteiger partial charge in [-0.05, 0) is 6.92 Å². The molecule has 0 amide bonds. The zero-order chi connectivity index (χ0) is 7.72. The number of ketones is 1. The maximum absolute atomic E-state index is 10.6. The Morgan fingerprint density at radius 1 is 1.70 bits per heavy atom. The van der Waals surface area contributed by atoms with Crippen molar-refractivity contribution in [3.63, 3.8) is 0 Å². The first kappa shape index (κ1) is 7.21. The summed E-state index contributed by atoms with van der Waals surface area (Å²) in [5, 5.41) is 8.45. The van der Waals surface area contributed by atoms with Crippen LogP contribution in [0.5, 0.6) is 0 Å². The number of rotatable bonds is 3. The average Bonchev–Trinajstić information content (AvgIpc) is 2.46. The van der Waals surface area contributed by atoms with Gasteiger partial charge in [0.2, 0.25) is 0 Å². The van der Waals surface area contributed by atoms with Gasteiger partial charge in [0.15, 0.2) is 0 Å². The van der Waals surface area contributed by atoms with E-state index in [0.29, 0.717) is 6.61 Å². The molecule has 0 saturated carbocycles. The van der Waals surface area contributed by atoms with Gasteiger partial charge in [0, 0.05) is 0 Å². The Morgan fingerprint density at radius 2 is 2.20 bits per heavy atom. The number of carboxylic acid groups (broad SMARTS) is 1. The van der Waals surface area contributed by atoms with Crippen molar-refractivity contribution in [2.45, 2.75) is 13.0 Å². The van der Waals surface area contributed by atoms with Crippen molar-refractivity contribution < 1.29 is 19.4 Å². The van der Waals surface area contributed by atoms with Gasteiger partial charge < -0.3 is 9.84 Å². The van der Waals surface area contributed by atoms with E-state index in [1.54, 1.807) is 0 Å². The first-order chi connectivity index (χ1) is 4.63. The maximum atomic E-state index is 10.6. The van der Waals surface area contributed by atoms with Crippen molar-refractivity contribution in [3.8, 4) is 0 Å². The Morgan fingerprint density at radius 3 is 2.30 bits per heavy atom. The number of epoxide rings is 1. The number of carbonyl (C=O) groups is 2. The van der Waals surface area contributed by atoms with Crippen molar-refractivity contribution in [2.75, 3.05) is 6.61 Å². The van der Waals surface area contributed by atoms with Gasteiger partial charge in [0.1, 0.15) is 17.8 Å². The zero-order valence-electron chi connectivity index (χ0n) is 5.53. The smallest absolute Gasteiger partial charge is 0.316 e. The van der Waals surface area contributed by atoms with E-state index in [-0.39, 0.29) is 11.9 Å². The summed E-state index contributed by atoms with van der Waals surface area (Å²) in [5.41, 5.74) is 0. The highest BCUT2D eigenvalue weighted by molar-refractivity contribution is 5.97. The van der Waals surface area contributed by atoms with Gasteiger partial charge in [0.05, 0.1) is 6.61 Å². The molecule has 0 aromatic heterocycles. The number of Topliss-reactive ketones (excluding diaryl/α,β-unsaturated/α-hetero) is 1. The number of aliphatic carboxylic acids is 1. The van der Waals surface area contributed by atoms with Crippen molar-refractivity contribution in [2.24, 2.45) is 5.92 Å². The summed E-state index contributed by atoms with van der Waals surface area (Å²) < 4.78 is 4.69. The van der Waals surface area contributed by atoms with Crippen LogP contribution < -0.4 is 0 Å². The molecule has 1 N–H and O–H groups in total. The molecule has 4 heteroatoms. The molecule has 10 heavy (non-hydrogen) atoms. The molecule has 2 atom stereocenters. The number of carboxylic acids is 1. The second-order valence-corrected chi connectivity index (χ2v) is 2.30. The first-order valence-electron chi connectivity index (χ1n) is 2.98. The summed E-state index contributed by atoms with van der Waals surface area (Å²) in [7, 11) is 0. The second kappa shape index (κ2) is 2.38. The molecule has 0 spiro atoms. The fraction of sp³-hybridized carbons (Fsp3) is 0.667. The molecule has 0 aromatic rings. The van der Waals surface area contributed by atoms with Crippen LogP contribution in [0.2, 0.25) is 0 Å². The highest BCUT2D eigenvalue weighted by Crippen LogP contribution is 2.20. The van der Waals surface area contributed by atoms with Gasteiger partial charge in [-0.1, -0.05) is 0 Å². The number of ether oxygens (including phenoxy) is 1. The molecule has 1 rings (SSSR count). The van der Waals surface area contributed by atoms with Crippen LogP contribution in [0, 0.1) is 5.92 Å². The van der Waals surface area contributed by atoms with E-state index < -0.39 is 11.9 Å². The Kier molecular flexibility index (Phi) is 1.72. The predicted octanol–water partition coefficient (Wildman–Crippen LogP) is -0.325. The normalized spacial score (nSPS) is 25.5. The van der Waals surface area contributed by atoms with E-state index >= 15 is 0 Å². The van der Waals surface area contributed by atoms with Gasteiger partial charge >= 0.3 is 5.97 Å². The van der Waals surface area contributed by atoms with E-state index in [1.165, 1.54) is 6.92 Å². The minimum Gasteiger partial charge on any atom is -0.481 e. The molecule has 4 nitrogen and oxygen atoms in total. The van der Waals surface area contributed by atoms with Crippen LogP contribution in [0.25, 0.3) is 0 Å². The average molecular weight is 144 g/mol. The summed E-state index contributed by atoms with van der Waals surface area (Å²) in [6.07, 6.45) is -0.366. The van der Waals surface area contributed by atoms with E-state index in [9.17, 15) is 9.59 Å². The lowest BCUT2D eigenvalue weighted by atomic mass is 10.0. The van der Waals surface area contributed by atoms with Crippen LogP contribution in [0.15, 0.2) is 0 Å². The molecule has 0 aliphatic carbocycles. The maximum Gasteiger partial charge on any atom is 0.316 e. The fourth-order valence-electron chi connectivity index (χ4n) is 0.843. The van der Waals surface area contributed by atoms with Gasteiger partial charge in [-0.2, -0.15) is 0 Å². The molecule has 0 aromatic carbocycles. The van der Waals surface area contributed by atoms with E-state index in [0.717, 1.165) is 0 Å². The predicted molar refractivity (Wildman–Crippen MR) is 31.5 cm³/mol. The summed E-state index contributed by atoms with van der Waals surface area (Å²) in [4.78, 5) is 20.9. The Hall–Kier alpha value is -0.900. The van der Waals surface area contributed by atoms with Crippen LogP contribution in [0.3, 0.4) is 0 Å². The topological polar surface area (TPSA) is 66.9 Å². The third-order valence-electron chi connectivity index (χ3n) is 1.43. The summed E-state index contributed by atoms with van der Waals surface area (Å²) >= 11 is 0. The Bertz CT molecular complexity index is 157. The molecular formula is C6H8O4. The van der Waals surface area contributed by atoms with Crippen LogP contribution >= 0.6 is 0 Å². The lowest BCUT2D eigenvalue weighted by molar-refractivity contribution is -0.146. The molecule has 1 saturated heterocycles. The van der Waals surface area contributed by atoms with Crippen molar-refractivity contribution in [3.05, 3.63) is 0 Å². The highest BCUT2D eigenvalue weighted by Gasteiger charge is 2.40. The quantitative estimate of drug-likeness (QED) is 0.435. The molecule has 1 aliphatic heterocycles. The molecule has 1 fully saturated rings. The number of hydrogen-bond acceptors (Lipinski definition) is 3. The first-order valence-corrected chi connectivity index (χ1v) is 2.98. The van der Waals surface area contributed by atoms with Gasteiger partial charge in [-0.15, -0.1) is 0 Å². The molecular weight excluding hydrogens is 136 g/mol. The third kappa shape index (κ3) is 1.33. The van der Waals surface area contributed by atoms with Gasteiger partial charge in [0.25, 0.3) is 0 Å². The van der Waals surface area contributed by atoms with Gasteiger partial charge in [-0.25, -0.2) is 0 Å². The molecule has 0 bridgehead atoms. The summed E-state index contributed by atoms with van der Waals surface area (Å²) in [6.45, 7) is 1.66. The Balaban J connectivity index is 2.58. The van der Waals surface area contributed by atoms with Crippen molar-refractivity contribution in [1.82, 2.24) is 0 Å². The standard InChI is InChI=1S/C6H8O4/c1-3(7)5(6(8)9)4-2-10-4/h4-5H,2H2,1H3,(H,8,9). The van der Waals surface area contributed by atoms with E-state index in [4.69, 9.17) is 9.84 Å². The lowest BCUT2D eigenvalue weighted by Crippen LogP contribution is -2.26. The summed E-state index contributed by atoms with van der Waals surface area (Å²) in [5.74, 6) is -2.37. The summed E-state index contributed by atoms with van der Waals surface area (Å²) in [6, 6.07) is 0. The van der Waals surface area contributed by atoms with Crippen LogP contribution in [0.4, 0.5) is 0 Å². The zero-order valence-corrected chi connectivity index (χ0v) is 5.53. The molecule has 2 unspecified atom stereocenters. The van der Waals surface area contributed by atoms with Gasteiger partial charge in [-0.3, -0.25) is 9.59 Å². The number of carbonyl (C=O) groups excluding carboxylic acids is 1. The van der Waals surface area contributed by atoms with Crippen LogP contribution in [0.1, 0.15) is 6.92 Å². The second-order valence-electron chi connectivity index (χ2n) is 2.30. The molecule has 0 radical (unpaired) electrons. The SMILES string of the molecule is CC(=O)C(C(=O)O)C1CO1. The number of hydrogen-bond donors (Lipinski definition) is 1. The minimum atomic E-state index is -1.09. The van der Waals surface area contributed by atoms with Crippen molar-refractivity contribution in [1.29, 1.82) is 0 Å². The third-order valence-corrected chi connectivity index (χ3v) is 1.43. The monoisotopic (exact) mass is 144 g/mol. The lowest BCUT2D eigenvalue weighted by Gasteiger charge is -2.01.